The maximum Gasteiger partial charge on any atom is 0.490 e. The lowest BCUT2D eigenvalue weighted by Crippen LogP contribution is -2.42. The molecule has 4 rings (SSSR count). The molecule has 0 radical (unpaired) electrons. The predicted octanol–water partition coefficient (Wildman–Crippen LogP) is 4.67. The van der Waals surface area contributed by atoms with Crippen LogP contribution in [0.1, 0.15) is 28.2 Å². The number of nitrogens with zero attached hydrogens (tertiary/aromatic N) is 2. The van der Waals surface area contributed by atoms with Crippen LogP contribution in [0.25, 0.3) is 0 Å². The molecular weight excluding hydrogens is 546 g/mol. The van der Waals surface area contributed by atoms with Crippen LogP contribution < -0.4 is 0 Å². The van der Waals surface area contributed by atoms with E-state index in [4.69, 9.17) is 29.3 Å². The number of aliphatic carboxylic acids is 2. The van der Waals surface area contributed by atoms with Crippen LogP contribution in [0.2, 0.25) is 0 Å². The van der Waals surface area contributed by atoms with E-state index in [-0.39, 0.29) is 12.2 Å². The molecule has 2 aromatic heterocycles. The number of rotatable bonds is 5. The second-order valence-electron chi connectivity index (χ2n) is 8.28. The summed E-state index contributed by atoms with van der Waals surface area (Å²) in [7, 11) is 0. The number of alkyl halides is 6. The minimum Gasteiger partial charge on any atom is -0.475 e. The van der Waals surface area contributed by atoms with E-state index in [0.717, 1.165) is 38.1 Å². The van der Waals surface area contributed by atoms with Crippen molar-refractivity contribution in [1.82, 2.24) is 9.88 Å². The van der Waals surface area contributed by atoms with Gasteiger partial charge in [0.25, 0.3) is 0 Å². The molecule has 0 amide bonds. The van der Waals surface area contributed by atoms with E-state index < -0.39 is 24.3 Å². The van der Waals surface area contributed by atoms with Crippen molar-refractivity contribution in [2.45, 2.75) is 63.5 Å². The molecule has 3 atom stereocenters. The molecule has 212 valence electrons. The molecule has 1 aliphatic heterocycles. The molecule has 2 fully saturated rings. The number of ether oxygens (including phenoxy) is 2. The third kappa shape index (κ3) is 10.2. The van der Waals surface area contributed by atoms with E-state index in [9.17, 15) is 26.3 Å². The highest BCUT2D eigenvalue weighted by atomic mass is 32.1. The highest BCUT2D eigenvalue weighted by molar-refractivity contribution is 7.11. The molecule has 2 aromatic rings. The summed E-state index contributed by atoms with van der Waals surface area (Å²) in [5.74, 6) is -5.51. The first kappa shape index (κ1) is 31.5. The number of hydrogen-bond donors (Lipinski definition) is 2. The third-order valence-electron chi connectivity index (χ3n) is 5.48. The lowest BCUT2D eigenvalue weighted by atomic mass is 10.1. The summed E-state index contributed by atoms with van der Waals surface area (Å²) in [5.41, 5.74) is 1.13. The van der Waals surface area contributed by atoms with Crippen LogP contribution in [-0.4, -0.2) is 75.8 Å². The number of pyridine rings is 1. The van der Waals surface area contributed by atoms with Crippen molar-refractivity contribution in [1.29, 1.82) is 0 Å². The molecule has 2 N–H and O–H groups in total. The fraction of sp³-hybridized carbons (Fsp3) is 0.522. The lowest BCUT2D eigenvalue weighted by Gasteiger charge is -2.30. The Labute approximate surface area is 217 Å². The molecule has 0 spiro atoms. The van der Waals surface area contributed by atoms with Gasteiger partial charge in [-0.3, -0.25) is 9.88 Å². The first-order valence-corrected chi connectivity index (χ1v) is 12.0. The van der Waals surface area contributed by atoms with Crippen LogP contribution in [0.4, 0.5) is 26.3 Å². The van der Waals surface area contributed by atoms with Crippen LogP contribution in [0.5, 0.6) is 0 Å². The van der Waals surface area contributed by atoms with E-state index in [1.54, 1.807) is 6.20 Å². The Kier molecular flexibility index (Phi) is 11.5. The Hall–Kier alpha value is -2.75. The summed E-state index contributed by atoms with van der Waals surface area (Å²) in [6.07, 6.45) is -3.83. The minimum atomic E-state index is -5.08. The molecule has 38 heavy (non-hydrogen) atoms. The molecule has 15 heteroatoms. The number of hydrogen-bond acceptors (Lipinski definition) is 7. The Bertz CT molecular complexity index is 1010. The van der Waals surface area contributed by atoms with Gasteiger partial charge in [0.1, 0.15) is 0 Å². The second kappa shape index (κ2) is 13.9. The molecule has 2 aliphatic rings. The molecule has 2 bridgehead atoms. The van der Waals surface area contributed by atoms with Gasteiger partial charge in [-0.15, -0.1) is 11.3 Å². The fourth-order valence-corrected chi connectivity index (χ4v) is 4.74. The molecule has 8 nitrogen and oxygen atoms in total. The van der Waals surface area contributed by atoms with Crippen molar-refractivity contribution in [2.75, 3.05) is 13.2 Å². The van der Waals surface area contributed by atoms with Crippen LogP contribution in [-0.2, 0) is 32.2 Å². The number of fused-ring (bicyclic) bond motifs is 2. The van der Waals surface area contributed by atoms with Crippen molar-refractivity contribution >= 4 is 23.3 Å². The maximum absolute atomic E-state index is 10.6. The number of aryl methyl sites for hydroxylation is 1. The van der Waals surface area contributed by atoms with Gasteiger partial charge in [0, 0.05) is 41.3 Å². The largest absolute Gasteiger partial charge is 0.490 e. The van der Waals surface area contributed by atoms with Crippen molar-refractivity contribution < 1.29 is 55.6 Å². The maximum atomic E-state index is 10.6. The van der Waals surface area contributed by atoms with Gasteiger partial charge in [0.2, 0.25) is 0 Å². The van der Waals surface area contributed by atoms with E-state index in [2.05, 4.69) is 35.0 Å². The van der Waals surface area contributed by atoms with Crippen LogP contribution >= 0.6 is 11.3 Å². The lowest BCUT2D eigenvalue weighted by molar-refractivity contribution is -0.193. The standard InChI is InChI=1S/C19H24N2O2S.2C2HF3O2/c1-14-4-5-16(24-14)12-21-9-10-22-18-7-6-17(21)19(18)23-13-15-3-2-8-20-11-15;2*3-2(4,5)1(6)7/h2-5,8,11,17-19H,6-7,9-10,12-13H2,1H3;2*(H,6,7). The zero-order chi connectivity index (χ0) is 28.5. The SMILES string of the molecule is Cc1ccc(CN2CCOC3CCC2C3OCc2cccnc2)s1.O=C(O)C(F)(F)F.O=C(O)C(F)(F)F. The third-order valence-corrected chi connectivity index (χ3v) is 6.46. The van der Waals surface area contributed by atoms with Crippen molar-refractivity contribution in [3.05, 3.63) is 52.0 Å². The fourth-order valence-electron chi connectivity index (χ4n) is 3.83. The highest BCUT2D eigenvalue weighted by Crippen LogP contribution is 2.34. The number of carboxylic acid groups (broad SMARTS) is 2. The van der Waals surface area contributed by atoms with E-state index in [1.165, 1.54) is 9.75 Å². The average Bonchev–Trinajstić information content (AvgIpc) is 3.37. The van der Waals surface area contributed by atoms with Gasteiger partial charge in [-0.25, -0.2) is 9.59 Å². The normalized spacial score (nSPS) is 21.4. The number of thiophene rings is 1. The molecule has 0 aromatic carbocycles. The Morgan fingerprint density at radius 1 is 1.11 bits per heavy atom. The summed E-state index contributed by atoms with van der Waals surface area (Å²) < 4.78 is 75.9. The Balaban J connectivity index is 0.000000301. The molecule has 3 heterocycles. The molecule has 1 aliphatic carbocycles. The van der Waals surface area contributed by atoms with Gasteiger partial charge in [-0.05, 0) is 43.5 Å². The van der Waals surface area contributed by atoms with E-state index >= 15 is 0 Å². The van der Waals surface area contributed by atoms with Gasteiger partial charge in [0.15, 0.2) is 0 Å². The van der Waals surface area contributed by atoms with Crippen molar-refractivity contribution in [3.63, 3.8) is 0 Å². The van der Waals surface area contributed by atoms with Gasteiger partial charge in [-0.2, -0.15) is 26.3 Å². The van der Waals surface area contributed by atoms with Gasteiger partial charge in [-0.1, -0.05) is 6.07 Å². The summed E-state index contributed by atoms with van der Waals surface area (Å²) >= 11 is 1.89. The zero-order valence-electron chi connectivity index (χ0n) is 20.0. The summed E-state index contributed by atoms with van der Waals surface area (Å²) in [4.78, 5) is 27.3. The first-order chi connectivity index (χ1) is 17.7. The van der Waals surface area contributed by atoms with Gasteiger partial charge < -0.3 is 19.7 Å². The van der Waals surface area contributed by atoms with Crippen LogP contribution in [0.3, 0.4) is 0 Å². The number of carboxylic acids is 2. The summed E-state index contributed by atoms with van der Waals surface area (Å²) in [6.45, 7) is 5.58. The number of aromatic nitrogens is 1. The van der Waals surface area contributed by atoms with Gasteiger partial charge in [0.05, 0.1) is 25.4 Å². The quantitative estimate of drug-likeness (QED) is 0.498. The van der Waals surface area contributed by atoms with E-state index in [0.29, 0.717) is 12.6 Å². The Morgan fingerprint density at radius 3 is 2.24 bits per heavy atom. The molecule has 3 unspecified atom stereocenters. The summed E-state index contributed by atoms with van der Waals surface area (Å²) in [5, 5.41) is 14.2. The summed E-state index contributed by atoms with van der Waals surface area (Å²) in [6, 6.07) is 8.95. The number of halogens is 6. The molecule has 1 saturated carbocycles. The van der Waals surface area contributed by atoms with Crippen LogP contribution in [0, 0.1) is 6.92 Å². The van der Waals surface area contributed by atoms with E-state index in [1.807, 2.05) is 23.6 Å². The van der Waals surface area contributed by atoms with Crippen LogP contribution in [0.15, 0.2) is 36.7 Å². The smallest absolute Gasteiger partial charge is 0.475 e. The minimum absolute atomic E-state index is 0.161. The molecular formula is C23H26F6N2O6S. The van der Waals surface area contributed by atoms with Crippen molar-refractivity contribution in [3.8, 4) is 0 Å². The zero-order valence-corrected chi connectivity index (χ0v) is 20.9. The number of carbonyl (C=O) groups is 2. The predicted molar refractivity (Wildman–Crippen MR) is 122 cm³/mol. The monoisotopic (exact) mass is 572 g/mol. The second-order valence-corrected chi connectivity index (χ2v) is 9.65. The average molecular weight is 573 g/mol. The topological polar surface area (TPSA) is 109 Å². The first-order valence-electron chi connectivity index (χ1n) is 11.2. The molecule has 1 saturated heterocycles. The highest BCUT2D eigenvalue weighted by Gasteiger charge is 2.43. The van der Waals surface area contributed by atoms with Gasteiger partial charge >= 0.3 is 24.3 Å². The van der Waals surface area contributed by atoms with Crippen molar-refractivity contribution in [2.24, 2.45) is 0 Å². The Morgan fingerprint density at radius 2 is 1.74 bits per heavy atom.